The molecule has 0 saturated heterocycles. The second-order valence-corrected chi connectivity index (χ2v) is 2.69. The van der Waals surface area contributed by atoms with Gasteiger partial charge in [0.15, 0.2) is 0 Å². The van der Waals surface area contributed by atoms with Gasteiger partial charge in [-0.3, -0.25) is 0 Å². The Balaban J connectivity index is 3.98. The predicted octanol–water partition coefficient (Wildman–Crippen LogP) is -0.0256. The minimum atomic E-state index is 0.724. The average Bonchev–Trinajstić information content (AvgIpc) is 1.82. The van der Waals surface area contributed by atoms with Crippen LogP contribution in [0.15, 0.2) is 17.2 Å². The molecule has 0 amide bonds. The first kappa shape index (κ1) is 8.70. The molecule has 2 nitrogen and oxygen atoms in total. The normalized spacial score (nSPS) is 12.4. The summed E-state index contributed by atoms with van der Waals surface area (Å²) in [5, 5.41) is 4.02. The van der Waals surface area contributed by atoms with Crippen LogP contribution in [0.5, 0.6) is 0 Å². The van der Waals surface area contributed by atoms with Crippen LogP contribution in [-0.4, -0.2) is 27.0 Å². The van der Waals surface area contributed by atoms with E-state index in [1.165, 1.54) is 0 Å². The van der Waals surface area contributed by atoms with Gasteiger partial charge in [0.25, 0.3) is 0 Å². The van der Waals surface area contributed by atoms with Crippen molar-refractivity contribution in [3.63, 3.8) is 0 Å². The summed E-state index contributed by atoms with van der Waals surface area (Å²) in [6.45, 7) is 5.87. The van der Waals surface area contributed by atoms with Crippen LogP contribution in [0.1, 0.15) is 0 Å². The molecule has 4 heteroatoms. The lowest BCUT2D eigenvalue weighted by molar-refractivity contribution is 0.906. The molecule has 0 spiro atoms. The standard InChI is InChI=1S/C5H12BN2P/c1-4(6)5(9-3)8-7-2/h7,9H,1,6H2,2-3H3/b8-5+. The molecule has 1 unspecified atom stereocenters. The lowest BCUT2D eigenvalue weighted by Crippen LogP contribution is -2.02. The molecule has 0 aliphatic carbocycles. The summed E-state index contributed by atoms with van der Waals surface area (Å²) in [4.78, 5) is 0. The third-order valence-electron chi connectivity index (χ3n) is 0.865. The molecule has 0 bridgehead atoms. The molecule has 0 saturated carbocycles. The van der Waals surface area contributed by atoms with Crippen molar-refractivity contribution >= 4 is 21.9 Å². The second kappa shape index (κ2) is 4.57. The Morgan fingerprint density at radius 2 is 2.33 bits per heavy atom. The highest BCUT2D eigenvalue weighted by Crippen LogP contribution is 2.10. The first-order chi connectivity index (χ1) is 4.22. The molecule has 0 aromatic rings. The molecule has 0 rings (SSSR count). The molecule has 0 radical (unpaired) electrons. The molecule has 0 fully saturated rings. The van der Waals surface area contributed by atoms with E-state index in [9.17, 15) is 0 Å². The van der Waals surface area contributed by atoms with E-state index in [-0.39, 0.29) is 0 Å². The quantitative estimate of drug-likeness (QED) is 0.254. The maximum atomic E-state index is 4.02. The highest BCUT2D eigenvalue weighted by atomic mass is 31.1. The Bertz CT molecular complexity index is 133. The molecule has 0 aromatic heterocycles. The van der Waals surface area contributed by atoms with Crippen molar-refractivity contribution in [1.29, 1.82) is 0 Å². The van der Waals surface area contributed by atoms with Gasteiger partial charge in [-0.15, -0.1) is 6.58 Å². The summed E-state index contributed by atoms with van der Waals surface area (Å²) in [6.07, 6.45) is 0. The van der Waals surface area contributed by atoms with Gasteiger partial charge in [-0.05, 0) is 6.66 Å². The number of hydrogen-bond acceptors (Lipinski definition) is 2. The van der Waals surface area contributed by atoms with E-state index in [1.807, 2.05) is 7.85 Å². The van der Waals surface area contributed by atoms with Crippen LogP contribution in [0, 0.1) is 0 Å². The third-order valence-corrected chi connectivity index (χ3v) is 1.88. The third kappa shape index (κ3) is 3.31. The zero-order valence-electron chi connectivity index (χ0n) is 6.15. The van der Waals surface area contributed by atoms with Gasteiger partial charge in [0, 0.05) is 7.05 Å². The monoisotopic (exact) mass is 142 g/mol. The fraction of sp³-hybridized carbons (Fsp3) is 0.400. The van der Waals surface area contributed by atoms with E-state index in [0.717, 1.165) is 19.5 Å². The van der Waals surface area contributed by atoms with Crippen LogP contribution < -0.4 is 5.43 Å². The van der Waals surface area contributed by atoms with Crippen molar-refractivity contribution in [1.82, 2.24) is 5.43 Å². The maximum Gasteiger partial charge on any atom is 0.141 e. The van der Waals surface area contributed by atoms with Crippen LogP contribution in [0.4, 0.5) is 0 Å². The van der Waals surface area contributed by atoms with Crippen molar-refractivity contribution in [2.45, 2.75) is 0 Å². The molecule has 1 atom stereocenters. The van der Waals surface area contributed by atoms with Crippen molar-refractivity contribution in [3.8, 4) is 0 Å². The van der Waals surface area contributed by atoms with E-state index < -0.39 is 0 Å². The van der Waals surface area contributed by atoms with Crippen LogP contribution in [0.3, 0.4) is 0 Å². The van der Waals surface area contributed by atoms with Gasteiger partial charge in [-0.25, -0.2) is 0 Å². The summed E-state index contributed by atoms with van der Waals surface area (Å²) in [6, 6.07) is 0. The summed E-state index contributed by atoms with van der Waals surface area (Å²) in [5.41, 5.74) is 4.85. The SMILES string of the molecule is BC(=C)/C(=N\NC)PC. The van der Waals surface area contributed by atoms with E-state index in [4.69, 9.17) is 0 Å². The molecule has 9 heavy (non-hydrogen) atoms. The molecule has 0 heterocycles. The van der Waals surface area contributed by atoms with Gasteiger partial charge in [0.05, 0.1) is 5.45 Å². The Kier molecular flexibility index (Phi) is 4.42. The molecule has 50 valence electrons. The number of nitrogens with zero attached hydrogens (tertiary/aromatic N) is 1. The van der Waals surface area contributed by atoms with Crippen molar-refractivity contribution < 1.29 is 0 Å². The summed E-state index contributed by atoms with van der Waals surface area (Å²) >= 11 is 0. The zero-order valence-corrected chi connectivity index (χ0v) is 7.15. The fourth-order valence-corrected chi connectivity index (χ4v) is 1.13. The van der Waals surface area contributed by atoms with Gasteiger partial charge in [-0.2, -0.15) is 5.10 Å². The van der Waals surface area contributed by atoms with Crippen molar-refractivity contribution in [3.05, 3.63) is 12.1 Å². The van der Waals surface area contributed by atoms with Crippen molar-refractivity contribution in [2.75, 3.05) is 13.7 Å². The Labute approximate surface area is 59.0 Å². The van der Waals surface area contributed by atoms with Gasteiger partial charge in [0.1, 0.15) is 7.85 Å². The van der Waals surface area contributed by atoms with Crippen LogP contribution in [0.25, 0.3) is 0 Å². The van der Waals surface area contributed by atoms with Crippen molar-refractivity contribution in [2.24, 2.45) is 5.10 Å². The van der Waals surface area contributed by atoms with Gasteiger partial charge in [-0.1, -0.05) is 14.1 Å². The fourth-order valence-electron chi connectivity index (χ4n) is 0.477. The average molecular weight is 142 g/mol. The second-order valence-electron chi connectivity index (χ2n) is 1.71. The molecule has 0 aliphatic heterocycles. The van der Waals surface area contributed by atoms with E-state index in [0.29, 0.717) is 0 Å². The molecule has 0 aromatic carbocycles. The lowest BCUT2D eigenvalue weighted by atomic mass is 10.00. The minimum absolute atomic E-state index is 0.724. The molecule has 0 aliphatic rings. The first-order valence-electron chi connectivity index (χ1n) is 2.80. The lowest BCUT2D eigenvalue weighted by Gasteiger charge is -1.99. The van der Waals surface area contributed by atoms with Gasteiger partial charge in [0.2, 0.25) is 0 Å². The number of hydrazone groups is 1. The maximum absolute atomic E-state index is 4.02. The van der Waals surface area contributed by atoms with E-state index in [2.05, 4.69) is 23.8 Å². The Hall–Kier alpha value is -0.295. The highest BCUT2D eigenvalue weighted by molar-refractivity contribution is 7.59. The van der Waals surface area contributed by atoms with Gasteiger partial charge < -0.3 is 5.43 Å². The van der Waals surface area contributed by atoms with E-state index in [1.54, 1.807) is 7.05 Å². The molecular weight excluding hydrogens is 130 g/mol. The highest BCUT2D eigenvalue weighted by Gasteiger charge is 1.93. The molecular formula is C5H12BN2P. The Morgan fingerprint density at radius 3 is 2.44 bits per heavy atom. The zero-order chi connectivity index (χ0) is 7.28. The number of allylic oxidation sites excluding steroid dienone is 1. The van der Waals surface area contributed by atoms with Crippen LogP contribution in [-0.2, 0) is 0 Å². The largest absolute Gasteiger partial charge is 0.313 e. The van der Waals surface area contributed by atoms with Crippen LogP contribution in [0.2, 0.25) is 0 Å². The topological polar surface area (TPSA) is 24.4 Å². The molecule has 1 N–H and O–H groups in total. The summed E-state index contributed by atoms with van der Waals surface area (Å²) < 4.78 is 0. The van der Waals surface area contributed by atoms with E-state index >= 15 is 0 Å². The summed E-state index contributed by atoms with van der Waals surface area (Å²) in [5.74, 6) is 0. The number of hydrogen-bond donors (Lipinski definition) is 1. The predicted molar refractivity (Wildman–Crippen MR) is 48.4 cm³/mol. The first-order valence-corrected chi connectivity index (χ1v) is 4.30. The van der Waals surface area contributed by atoms with Crippen LogP contribution >= 0.6 is 8.58 Å². The number of nitrogens with one attached hydrogen (secondary N) is 1. The van der Waals surface area contributed by atoms with Gasteiger partial charge >= 0.3 is 0 Å². The Morgan fingerprint density at radius 1 is 1.78 bits per heavy atom. The smallest absolute Gasteiger partial charge is 0.141 e. The summed E-state index contributed by atoms with van der Waals surface area (Å²) in [7, 11) is 4.48. The minimum Gasteiger partial charge on any atom is -0.313 e. The number of rotatable bonds is 3.